The highest BCUT2D eigenvalue weighted by atomic mass is 32.1. The number of nitriles is 3. The fourth-order valence-electron chi connectivity index (χ4n) is 5.56. The van der Waals surface area contributed by atoms with Crippen LogP contribution < -0.4 is 21.3 Å². The average Bonchev–Trinajstić information content (AvgIpc) is 3.28. The molecule has 5 rings (SSSR count). The van der Waals surface area contributed by atoms with Gasteiger partial charge in [0.05, 0.1) is 77.4 Å². The van der Waals surface area contributed by atoms with E-state index < -0.39 is 75.5 Å². The van der Waals surface area contributed by atoms with Gasteiger partial charge in [0, 0.05) is 29.2 Å². The number of benzene rings is 5. The molecule has 0 aliphatic carbocycles. The average molecular weight is 1020 g/mol. The lowest BCUT2D eigenvalue weighted by atomic mass is 10.0. The highest BCUT2D eigenvalue weighted by Crippen LogP contribution is 2.40. The monoisotopic (exact) mass is 1020 g/mol. The first kappa shape index (κ1) is 55.9. The summed E-state index contributed by atoms with van der Waals surface area (Å²) in [6.45, 7) is 15.3. The number of alkyl halides is 12. The zero-order valence-corrected chi connectivity index (χ0v) is 36.9. The largest absolute Gasteiger partial charge is 0.490 e. The Kier molecular flexibility index (Phi) is 18.8. The van der Waals surface area contributed by atoms with Crippen molar-refractivity contribution in [3.8, 4) is 18.2 Å². The van der Waals surface area contributed by atoms with E-state index in [4.69, 9.17) is 58.1 Å². The van der Waals surface area contributed by atoms with E-state index in [1.807, 2.05) is 16.7 Å². The van der Waals surface area contributed by atoms with Crippen molar-refractivity contribution in [1.82, 2.24) is 0 Å². The quantitative estimate of drug-likeness (QED) is 0.0739. The summed E-state index contributed by atoms with van der Waals surface area (Å²) in [7, 11) is 1.36. The van der Waals surface area contributed by atoms with E-state index in [1.165, 1.54) is 31.4 Å². The molecular formula is C45H27F12N9O2S2. The fraction of sp³-hybridized carbons (Fsp3) is 0.156. The Hall–Kier alpha value is -8.44. The van der Waals surface area contributed by atoms with Crippen LogP contribution in [0.4, 0.5) is 91.6 Å². The number of rotatable bonds is 6. The van der Waals surface area contributed by atoms with Crippen molar-refractivity contribution < 1.29 is 62.2 Å². The SMILES string of the molecule is COC(=S)Cc1ccc(C#N)c(C(F)(F)F)c1.[C-]#[N+]c1ccc(NC(=O)Nc2ccc(C#N)c(C(F)(F)F)c2)cc1C(F)(F)F.[C-]#[N+]c1ccc(NC(=S)Nc2ccc(C#N)c(C)c2)cc1C(F)(F)F. The number of urea groups is 1. The number of amides is 2. The number of nitrogens with zero attached hydrogens (tertiary/aromatic N) is 5. The lowest BCUT2D eigenvalue weighted by Gasteiger charge is -2.14. The maximum absolute atomic E-state index is 13.0. The van der Waals surface area contributed by atoms with E-state index >= 15 is 0 Å². The van der Waals surface area contributed by atoms with Gasteiger partial charge in [-0.1, -0.05) is 18.2 Å². The Morgan fingerprint density at radius 3 is 1.30 bits per heavy atom. The lowest BCUT2D eigenvalue weighted by molar-refractivity contribution is -0.138. The Bertz CT molecular complexity index is 2930. The number of halogens is 12. The van der Waals surface area contributed by atoms with Crippen molar-refractivity contribution in [2.45, 2.75) is 38.0 Å². The summed E-state index contributed by atoms with van der Waals surface area (Å²) >= 11 is 9.86. The molecule has 0 saturated carbocycles. The van der Waals surface area contributed by atoms with Gasteiger partial charge in [-0.3, -0.25) is 0 Å². The molecule has 0 atom stereocenters. The van der Waals surface area contributed by atoms with Crippen LogP contribution in [0.15, 0.2) is 91.0 Å². The van der Waals surface area contributed by atoms with E-state index in [2.05, 4.69) is 20.3 Å². The van der Waals surface area contributed by atoms with E-state index in [0.717, 1.165) is 54.1 Å². The molecule has 0 bridgehead atoms. The van der Waals surface area contributed by atoms with E-state index in [0.29, 0.717) is 28.9 Å². The van der Waals surface area contributed by atoms with Gasteiger partial charge in [0.15, 0.2) is 21.5 Å². The van der Waals surface area contributed by atoms with Gasteiger partial charge in [-0.15, -0.1) is 0 Å². The Labute approximate surface area is 400 Å². The third kappa shape index (κ3) is 16.1. The summed E-state index contributed by atoms with van der Waals surface area (Å²) in [6, 6.07) is 20.4. The van der Waals surface area contributed by atoms with Crippen LogP contribution in [0.2, 0.25) is 0 Å². The number of hydrogen-bond donors (Lipinski definition) is 4. The molecule has 5 aromatic carbocycles. The highest BCUT2D eigenvalue weighted by molar-refractivity contribution is 7.80. The molecule has 0 aliphatic heterocycles. The van der Waals surface area contributed by atoms with E-state index in [-0.39, 0.29) is 33.6 Å². The van der Waals surface area contributed by atoms with Gasteiger partial charge in [0.25, 0.3) is 0 Å². The molecule has 5 aromatic rings. The topological polar surface area (TPSA) is 155 Å². The third-order valence-electron chi connectivity index (χ3n) is 8.75. The summed E-state index contributed by atoms with van der Waals surface area (Å²) < 4.78 is 159. The molecule has 4 N–H and O–H groups in total. The van der Waals surface area contributed by atoms with Crippen LogP contribution in [0.1, 0.15) is 50.1 Å². The molecule has 0 aliphatic rings. The summed E-state index contributed by atoms with van der Waals surface area (Å²) in [6.07, 6.45) is -18.7. The van der Waals surface area contributed by atoms with Crippen LogP contribution in [0.5, 0.6) is 0 Å². The maximum atomic E-state index is 13.0. The number of carbonyl (C=O) groups is 1. The predicted octanol–water partition coefficient (Wildman–Crippen LogP) is 14.1. The summed E-state index contributed by atoms with van der Waals surface area (Å²) in [4.78, 5) is 17.5. The van der Waals surface area contributed by atoms with Crippen LogP contribution >= 0.6 is 24.4 Å². The molecule has 0 aromatic heterocycles. The number of hydrogen-bond acceptors (Lipinski definition) is 7. The van der Waals surface area contributed by atoms with Crippen molar-refractivity contribution in [3.05, 3.63) is 164 Å². The van der Waals surface area contributed by atoms with Crippen LogP contribution in [-0.4, -0.2) is 23.3 Å². The van der Waals surface area contributed by atoms with Crippen molar-refractivity contribution in [2.24, 2.45) is 0 Å². The molecule has 11 nitrogen and oxygen atoms in total. The molecule has 70 heavy (non-hydrogen) atoms. The molecule has 0 saturated heterocycles. The van der Waals surface area contributed by atoms with Gasteiger partial charge in [0.1, 0.15) is 0 Å². The third-order valence-corrected chi connectivity index (χ3v) is 9.27. The normalized spacial score (nSPS) is 10.9. The van der Waals surface area contributed by atoms with Crippen LogP contribution in [0.3, 0.4) is 0 Å². The van der Waals surface area contributed by atoms with Crippen molar-refractivity contribution in [2.75, 3.05) is 28.4 Å². The number of carbonyl (C=O) groups excluding carboxylic acids is 1. The first-order valence-corrected chi connectivity index (χ1v) is 19.5. The van der Waals surface area contributed by atoms with E-state index in [1.54, 1.807) is 25.1 Å². The molecule has 0 fully saturated rings. The van der Waals surface area contributed by atoms with Crippen molar-refractivity contribution in [3.63, 3.8) is 0 Å². The van der Waals surface area contributed by atoms with Crippen molar-refractivity contribution >= 4 is 74.8 Å². The Balaban J connectivity index is 0.000000286. The van der Waals surface area contributed by atoms with Crippen molar-refractivity contribution in [1.29, 1.82) is 15.8 Å². The zero-order valence-electron chi connectivity index (χ0n) is 35.3. The molecule has 0 spiro atoms. The maximum Gasteiger partial charge on any atom is 0.417 e. The molecule has 360 valence electrons. The fourth-order valence-corrected chi connectivity index (χ4v) is 5.96. The number of anilines is 4. The molecule has 2 amide bonds. The summed E-state index contributed by atoms with van der Waals surface area (Å²) in [5.74, 6) is 0. The van der Waals surface area contributed by atoms with E-state index in [9.17, 15) is 57.5 Å². The molecule has 0 unspecified atom stereocenters. The number of methoxy groups -OCH3 is 1. The van der Waals surface area contributed by atoms with Crippen LogP contribution in [-0.2, 0) is 35.9 Å². The zero-order chi connectivity index (χ0) is 52.8. The van der Waals surface area contributed by atoms with Gasteiger partial charge < -0.3 is 26.0 Å². The molecule has 25 heteroatoms. The smallest absolute Gasteiger partial charge is 0.417 e. The van der Waals surface area contributed by atoms with Crippen LogP contribution in [0, 0.1) is 54.1 Å². The second-order valence-corrected chi connectivity index (χ2v) is 14.5. The van der Waals surface area contributed by atoms with Gasteiger partial charge in [-0.05, 0) is 115 Å². The van der Waals surface area contributed by atoms with Gasteiger partial charge in [-0.2, -0.15) is 68.5 Å². The number of aryl methyl sites for hydroxylation is 1. The van der Waals surface area contributed by atoms with Gasteiger partial charge >= 0.3 is 30.7 Å². The summed E-state index contributed by atoms with van der Waals surface area (Å²) in [5.41, 5.74) is -4.99. The lowest BCUT2D eigenvalue weighted by Crippen LogP contribution is -2.20. The molecule has 0 radical (unpaired) electrons. The molecular weight excluding hydrogens is 991 g/mol. The number of nitrogens with one attached hydrogen (secondary N) is 4. The minimum atomic E-state index is -4.84. The van der Waals surface area contributed by atoms with Gasteiger partial charge in [0.2, 0.25) is 0 Å². The first-order chi connectivity index (χ1) is 32.6. The first-order valence-electron chi connectivity index (χ1n) is 18.7. The molecule has 0 heterocycles. The summed E-state index contributed by atoms with van der Waals surface area (Å²) in [5, 5.41) is 36.1. The minimum absolute atomic E-state index is 0.0906. The number of ether oxygens (including phenoxy) is 1. The van der Waals surface area contributed by atoms with Crippen LogP contribution in [0.25, 0.3) is 9.69 Å². The standard InChI is InChI=1S/C17H8F6N4O.C17H11F3N4S.C11H8F3NOS/c1-25-14-5-4-11(7-13(14)17(21,22)23)27-15(28)26-10-3-2-9(8-24)12(6-10)16(18,19)20;1-10-7-12(4-3-11(10)9-21)23-16(25)24-13-5-6-15(22-2)14(8-13)17(18,19)20;1-16-10(17)5-7-2-3-8(6-15)9(4-7)11(12,13)14/h2-7H,(H2,26,27,28);3-8H,1H3,(H2,23,24,25);2-4H,5H2,1H3. The highest BCUT2D eigenvalue weighted by Gasteiger charge is 2.36. The second-order valence-electron chi connectivity index (χ2n) is 13.6. The second kappa shape index (κ2) is 23.5. The Morgan fingerprint density at radius 1 is 0.557 bits per heavy atom. The Morgan fingerprint density at radius 2 is 0.914 bits per heavy atom. The number of thiocarbonyl (C=S) groups is 2. The van der Waals surface area contributed by atoms with Gasteiger partial charge in [-0.25, -0.2) is 14.5 Å². The minimum Gasteiger partial charge on any atom is -0.490 e. The predicted molar refractivity (Wildman–Crippen MR) is 239 cm³/mol.